The Kier molecular flexibility index (Phi) is 8.74. The first kappa shape index (κ1) is 17.7. The molecule has 1 aromatic carbocycles. The number of rotatable bonds is 11. The van der Waals surface area contributed by atoms with Gasteiger partial charge in [0.05, 0.1) is 13.2 Å². The smallest absolute Gasteiger partial charge is 0.119 e. The molecule has 1 aromatic rings. The quantitative estimate of drug-likeness (QED) is 0.485. The molecular formula is C17H27NO3. The largest absolute Gasteiger partial charge is 0.491 e. The number of hydrogen-bond acceptors (Lipinski definition) is 4. The number of ether oxygens (including phenoxy) is 2. The van der Waals surface area contributed by atoms with Gasteiger partial charge < -0.3 is 19.9 Å². The Hall–Kier alpha value is -1.36. The summed E-state index contributed by atoms with van der Waals surface area (Å²) in [4.78, 5) is 0. The zero-order valence-electron chi connectivity index (χ0n) is 13.1. The van der Waals surface area contributed by atoms with Gasteiger partial charge in [0.15, 0.2) is 0 Å². The van der Waals surface area contributed by atoms with E-state index in [9.17, 15) is 5.11 Å². The SMILES string of the molecule is C=CCCOCCNCC(O)COc1cc(C)cc(C)c1. The maximum Gasteiger partial charge on any atom is 0.119 e. The summed E-state index contributed by atoms with van der Waals surface area (Å²) in [7, 11) is 0. The second-order valence-corrected chi connectivity index (χ2v) is 5.18. The summed E-state index contributed by atoms with van der Waals surface area (Å²) in [5, 5.41) is 13.0. The molecule has 0 aliphatic rings. The van der Waals surface area contributed by atoms with E-state index in [1.165, 1.54) is 0 Å². The van der Waals surface area contributed by atoms with Crippen molar-refractivity contribution in [3.8, 4) is 5.75 Å². The lowest BCUT2D eigenvalue weighted by Crippen LogP contribution is -2.33. The van der Waals surface area contributed by atoms with Crippen LogP contribution in [0.1, 0.15) is 17.5 Å². The molecule has 0 bridgehead atoms. The lowest BCUT2D eigenvalue weighted by atomic mass is 10.1. The highest BCUT2D eigenvalue weighted by molar-refractivity contribution is 5.32. The highest BCUT2D eigenvalue weighted by Gasteiger charge is 2.05. The molecule has 0 amide bonds. The zero-order chi connectivity index (χ0) is 15.5. The number of hydrogen-bond donors (Lipinski definition) is 2. The molecule has 4 nitrogen and oxygen atoms in total. The predicted molar refractivity (Wildman–Crippen MR) is 85.9 cm³/mol. The van der Waals surface area contributed by atoms with Crippen molar-refractivity contribution in [1.29, 1.82) is 0 Å². The number of benzene rings is 1. The van der Waals surface area contributed by atoms with Gasteiger partial charge in [-0.1, -0.05) is 12.1 Å². The Morgan fingerprint density at radius 3 is 2.62 bits per heavy atom. The maximum absolute atomic E-state index is 9.85. The highest BCUT2D eigenvalue weighted by atomic mass is 16.5. The molecule has 0 spiro atoms. The summed E-state index contributed by atoms with van der Waals surface area (Å²) >= 11 is 0. The van der Waals surface area contributed by atoms with E-state index in [1.807, 2.05) is 32.1 Å². The van der Waals surface area contributed by atoms with E-state index in [-0.39, 0.29) is 6.61 Å². The normalized spacial score (nSPS) is 12.1. The van der Waals surface area contributed by atoms with Crippen LogP contribution < -0.4 is 10.1 Å². The van der Waals surface area contributed by atoms with Crippen molar-refractivity contribution in [3.63, 3.8) is 0 Å². The van der Waals surface area contributed by atoms with Crippen LogP contribution in [0.4, 0.5) is 0 Å². The van der Waals surface area contributed by atoms with E-state index >= 15 is 0 Å². The fourth-order valence-electron chi connectivity index (χ4n) is 1.95. The first-order valence-corrected chi connectivity index (χ1v) is 7.40. The van der Waals surface area contributed by atoms with E-state index in [1.54, 1.807) is 0 Å². The number of aliphatic hydroxyl groups is 1. The van der Waals surface area contributed by atoms with Crippen LogP contribution in [-0.2, 0) is 4.74 Å². The van der Waals surface area contributed by atoms with Crippen molar-refractivity contribution in [1.82, 2.24) is 5.32 Å². The van der Waals surface area contributed by atoms with Crippen LogP contribution in [0.2, 0.25) is 0 Å². The summed E-state index contributed by atoms with van der Waals surface area (Å²) < 4.78 is 11.0. The topological polar surface area (TPSA) is 50.7 Å². The Bertz CT molecular complexity index is 400. The molecule has 0 saturated heterocycles. The zero-order valence-corrected chi connectivity index (χ0v) is 13.1. The average molecular weight is 293 g/mol. The second kappa shape index (κ2) is 10.4. The number of aliphatic hydroxyl groups excluding tert-OH is 1. The van der Waals surface area contributed by atoms with Crippen molar-refractivity contribution in [2.75, 3.05) is 32.9 Å². The highest BCUT2D eigenvalue weighted by Crippen LogP contribution is 2.16. The van der Waals surface area contributed by atoms with E-state index in [0.717, 1.165) is 29.8 Å². The van der Waals surface area contributed by atoms with Crippen molar-refractivity contribution in [2.45, 2.75) is 26.4 Å². The molecule has 0 aliphatic carbocycles. The molecule has 1 rings (SSSR count). The molecule has 0 aromatic heterocycles. The van der Waals surface area contributed by atoms with Crippen LogP contribution in [0.25, 0.3) is 0 Å². The second-order valence-electron chi connectivity index (χ2n) is 5.18. The molecule has 4 heteroatoms. The first-order chi connectivity index (χ1) is 10.1. The predicted octanol–water partition coefficient (Wildman–Crippen LogP) is 2.23. The van der Waals surface area contributed by atoms with Gasteiger partial charge in [0.2, 0.25) is 0 Å². The fraction of sp³-hybridized carbons (Fsp3) is 0.529. The minimum Gasteiger partial charge on any atom is -0.491 e. The minimum absolute atomic E-state index is 0.285. The Labute approximate surface area is 127 Å². The van der Waals surface area contributed by atoms with Gasteiger partial charge in [-0.3, -0.25) is 0 Å². The molecule has 21 heavy (non-hydrogen) atoms. The van der Waals surface area contributed by atoms with Crippen LogP contribution in [0.3, 0.4) is 0 Å². The summed E-state index contributed by atoms with van der Waals surface area (Å²) in [6, 6.07) is 6.04. The van der Waals surface area contributed by atoms with Gasteiger partial charge in [-0.2, -0.15) is 0 Å². The average Bonchev–Trinajstić information content (AvgIpc) is 2.43. The standard InChI is InChI=1S/C17H27NO3/c1-4-5-7-20-8-6-18-12-16(19)13-21-17-10-14(2)9-15(3)11-17/h4,9-11,16,18-19H,1,5-8,12-13H2,2-3H3. The van der Waals surface area contributed by atoms with Gasteiger partial charge >= 0.3 is 0 Å². The van der Waals surface area contributed by atoms with E-state index in [0.29, 0.717) is 19.8 Å². The van der Waals surface area contributed by atoms with Crippen LogP contribution >= 0.6 is 0 Å². The summed E-state index contributed by atoms with van der Waals surface area (Å²) in [5.74, 6) is 0.805. The van der Waals surface area contributed by atoms with Crippen molar-refractivity contribution in [2.24, 2.45) is 0 Å². The molecule has 2 N–H and O–H groups in total. The van der Waals surface area contributed by atoms with E-state index in [2.05, 4.69) is 18.0 Å². The van der Waals surface area contributed by atoms with Crippen LogP contribution in [0.5, 0.6) is 5.75 Å². The van der Waals surface area contributed by atoms with Gasteiger partial charge in [0.25, 0.3) is 0 Å². The minimum atomic E-state index is -0.529. The molecule has 0 saturated carbocycles. The molecule has 1 unspecified atom stereocenters. The Morgan fingerprint density at radius 2 is 1.95 bits per heavy atom. The monoisotopic (exact) mass is 293 g/mol. The van der Waals surface area contributed by atoms with E-state index < -0.39 is 6.10 Å². The summed E-state index contributed by atoms with van der Waals surface area (Å²) in [5.41, 5.74) is 2.32. The molecular weight excluding hydrogens is 266 g/mol. The van der Waals surface area contributed by atoms with Crippen molar-refractivity contribution >= 4 is 0 Å². The first-order valence-electron chi connectivity index (χ1n) is 7.40. The fourth-order valence-corrected chi connectivity index (χ4v) is 1.95. The molecule has 0 aliphatic heterocycles. The van der Waals surface area contributed by atoms with Gasteiger partial charge in [-0.15, -0.1) is 6.58 Å². The summed E-state index contributed by atoms with van der Waals surface area (Å²) in [6.45, 7) is 10.5. The lowest BCUT2D eigenvalue weighted by molar-refractivity contribution is 0.0993. The maximum atomic E-state index is 9.85. The van der Waals surface area contributed by atoms with Crippen LogP contribution in [0.15, 0.2) is 30.9 Å². The van der Waals surface area contributed by atoms with E-state index in [4.69, 9.17) is 9.47 Å². The Morgan fingerprint density at radius 1 is 1.24 bits per heavy atom. The number of nitrogens with one attached hydrogen (secondary N) is 1. The third kappa shape index (κ3) is 8.50. The van der Waals surface area contributed by atoms with Gasteiger partial charge in [-0.05, 0) is 43.5 Å². The lowest BCUT2D eigenvalue weighted by Gasteiger charge is -2.14. The number of aryl methyl sites for hydroxylation is 2. The molecule has 118 valence electrons. The van der Waals surface area contributed by atoms with Crippen molar-refractivity contribution < 1.29 is 14.6 Å². The van der Waals surface area contributed by atoms with Crippen LogP contribution in [-0.4, -0.2) is 44.1 Å². The van der Waals surface area contributed by atoms with Gasteiger partial charge in [0.1, 0.15) is 18.5 Å². The summed E-state index contributed by atoms with van der Waals surface area (Å²) in [6.07, 6.45) is 2.17. The third-order valence-electron chi connectivity index (χ3n) is 2.91. The molecule has 0 radical (unpaired) electrons. The molecule has 1 atom stereocenters. The van der Waals surface area contributed by atoms with Crippen molar-refractivity contribution in [3.05, 3.63) is 42.0 Å². The Balaban J connectivity index is 2.10. The van der Waals surface area contributed by atoms with Crippen LogP contribution in [0, 0.1) is 13.8 Å². The van der Waals surface area contributed by atoms with Gasteiger partial charge in [-0.25, -0.2) is 0 Å². The third-order valence-corrected chi connectivity index (χ3v) is 2.91. The van der Waals surface area contributed by atoms with Gasteiger partial charge in [0, 0.05) is 13.1 Å². The molecule has 0 heterocycles. The molecule has 0 fully saturated rings.